The van der Waals surface area contributed by atoms with E-state index in [1.165, 1.54) is 0 Å². The fourth-order valence-electron chi connectivity index (χ4n) is 1.66. The van der Waals surface area contributed by atoms with Gasteiger partial charge in [0.05, 0.1) is 11.9 Å². The number of carbonyl (C=O) groups is 1. The van der Waals surface area contributed by atoms with E-state index in [2.05, 4.69) is 31.1 Å². The van der Waals surface area contributed by atoms with Crippen LogP contribution in [0.4, 0.5) is 11.5 Å². The quantitative estimate of drug-likeness (QED) is 0.886. The van der Waals surface area contributed by atoms with E-state index >= 15 is 0 Å². The van der Waals surface area contributed by atoms with Gasteiger partial charge >= 0.3 is 0 Å². The SMILES string of the molecule is CCNc1ccc(N(C)C(=O)CCC(C)(C)C)cn1. The third kappa shape index (κ3) is 5.28. The highest BCUT2D eigenvalue weighted by Crippen LogP contribution is 2.22. The molecule has 106 valence electrons. The molecule has 4 heteroatoms. The van der Waals surface area contributed by atoms with Gasteiger partial charge in [-0.05, 0) is 30.9 Å². The summed E-state index contributed by atoms with van der Waals surface area (Å²) >= 11 is 0. The standard InChI is InChI=1S/C15H25N3O/c1-6-16-13-8-7-12(11-17-13)18(5)14(19)9-10-15(2,3)4/h7-8,11H,6,9-10H2,1-5H3,(H,16,17). The minimum absolute atomic E-state index is 0.132. The van der Waals surface area contributed by atoms with Crippen molar-refractivity contribution >= 4 is 17.4 Å². The van der Waals surface area contributed by atoms with Crippen LogP contribution in [0, 0.1) is 5.41 Å². The average molecular weight is 263 g/mol. The Morgan fingerprint density at radius 3 is 2.53 bits per heavy atom. The molecule has 0 radical (unpaired) electrons. The van der Waals surface area contributed by atoms with Crippen LogP contribution in [0.5, 0.6) is 0 Å². The summed E-state index contributed by atoms with van der Waals surface area (Å²) in [6.07, 6.45) is 3.18. The first-order valence-electron chi connectivity index (χ1n) is 6.80. The van der Waals surface area contributed by atoms with Crippen molar-refractivity contribution in [3.05, 3.63) is 18.3 Å². The predicted molar refractivity (Wildman–Crippen MR) is 80.5 cm³/mol. The molecule has 0 aliphatic heterocycles. The summed E-state index contributed by atoms with van der Waals surface area (Å²) in [6.45, 7) is 9.30. The summed E-state index contributed by atoms with van der Waals surface area (Å²) in [7, 11) is 1.80. The molecule has 0 fully saturated rings. The summed E-state index contributed by atoms with van der Waals surface area (Å²) in [4.78, 5) is 18.0. The van der Waals surface area contributed by atoms with Crippen molar-refractivity contribution in [3.8, 4) is 0 Å². The van der Waals surface area contributed by atoms with Crippen LogP contribution < -0.4 is 10.2 Å². The first-order chi connectivity index (χ1) is 8.83. The molecule has 1 heterocycles. The smallest absolute Gasteiger partial charge is 0.226 e. The molecule has 1 amide bonds. The van der Waals surface area contributed by atoms with Gasteiger partial charge in [-0.2, -0.15) is 0 Å². The van der Waals surface area contributed by atoms with Gasteiger partial charge in [0.25, 0.3) is 0 Å². The zero-order chi connectivity index (χ0) is 14.5. The number of hydrogen-bond acceptors (Lipinski definition) is 3. The van der Waals surface area contributed by atoms with Crippen molar-refractivity contribution in [1.29, 1.82) is 0 Å². The van der Waals surface area contributed by atoms with Gasteiger partial charge in [-0.15, -0.1) is 0 Å². The lowest BCUT2D eigenvalue weighted by molar-refractivity contribution is -0.118. The van der Waals surface area contributed by atoms with E-state index in [1.807, 2.05) is 19.1 Å². The van der Waals surface area contributed by atoms with Crippen molar-refractivity contribution < 1.29 is 4.79 Å². The molecule has 0 aliphatic carbocycles. The number of aromatic nitrogens is 1. The van der Waals surface area contributed by atoms with Gasteiger partial charge in [-0.3, -0.25) is 4.79 Å². The van der Waals surface area contributed by atoms with E-state index in [9.17, 15) is 4.79 Å². The van der Waals surface area contributed by atoms with Crippen molar-refractivity contribution in [2.24, 2.45) is 5.41 Å². The molecule has 1 aromatic rings. The fourth-order valence-corrected chi connectivity index (χ4v) is 1.66. The maximum absolute atomic E-state index is 12.1. The zero-order valence-corrected chi connectivity index (χ0v) is 12.7. The topological polar surface area (TPSA) is 45.2 Å². The molecule has 1 aromatic heterocycles. The molecule has 0 unspecified atom stereocenters. The Kier molecular flexibility index (Phi) is 5.33. The molecule has 0 atom stereocenters. The molecular formula is C15H25N3O. The van der Waals surface area contributed by atoms with Crippen LogP contribution in [0.15, 0.2) is 18.3 Å². The second kappa shape index (κ2) is 6.55. The number of nitrogens with zero attached hydrogens (tertiary/aromatic N) is 2. The van der Waals surface area contributed by atoms with Crippen LogP contribution in [0.1, 0.15) is 40.5 Å². The van der Waals surface area contributed by atoms with E-state index < -0.39 is 0 Å². The van der Waals surface area contributed by atoms with E-state index in [0.717, 1.165) is 24.5 Å². The number of amides is 1. The largest absolute Gasteiger partial charge is 0.370 e. The van der Waals surface area contributed by atoms with Gasteiger partial charge in [0, 0.05) is 20.0 Å². The van der Waals surface area contributed by atoms with E-state index in [1.54, 1.807) is 18.1 Å². The normalized spacial score (nSPS) is 11.2. The third-order valence-electron chi connectivity index (χ3n) is 2.96. The van der Waals surface area contributed by atoms with Gasteiger partial charge in [-0.1, -0.05) is 20.8 Å². The van der Waals surface area contributed by atoms with Crippen LogP contribution >= 0.6 is 0 Å². The molecule has 0 saturated carbocycles. The summed E-state index contributed by atoms with van der Waals surface area (Å²) in [5, 5.41) is 3.13. The van der Waals surface area contributed by atoms with Gasteiger partial charge in [0.2, 0.25) is 5.91 Å². The van der Waals surface area contributed by atoms with Crippen LogP contribution in [0.25, 0.3) is 0 Å². The van der Waals surface area contributed by atoms with Gasteiger partial charge < -0.3 is 10.2 Å². The second-order valence-electron chi connectivity index (χ2n) is 5.95. The Balaban J connectivity index is 2.61. The zero-order valence-electron chi connectivity index (χ0n) is 12.7. The van der Waals surface area contributed by atoms with Crippen LogP contribution in [0.3, 0.4) is 0 Å². The summed E-state index contributed by atoms with van der Waals surface area (Å²) in [5.41, 5.74) is 1.02. The number of anilines is 2. The molecule has 1 N–H and O–H groups in total. The number of rotatable bonds is 5. The Bertz CT molecular complexity index is 406. The average Bonchev–Trinajstić information content (AvgIpc) is 2.35. The minimum Gasteiger partial charge on any atom is -0.370 e. The molecule has 0 saturated heterocycles. The van der Waals surface area contributed by atoms with Gasteiger partial charge in [-0.25, -0.2) is 4.98 Å². The summed E-state index contributed by atoms with van der Waals surface area (Å²) in [6, 6.07) is 3.81. The monoisotopic (exact) mass is 263 g/mol. The maximum atomic E-state index is 12.1. The highest BCUT2D eigenvalue weighted by Gasteiger charge is 2.16. The van der Waals surface area contributed by atoms with Crippen LogP contribution in [-0.2, 0) is 4.79 Å². The molecule has 19 heavy (non-hydrogen) atoms. The Morgan fingerprint density at radius 1 is 1.37 bits per heavy atom. The van der Waals surface area contributed by atoms with E-state index in [0.29, 0.717) is 6.42 Å². The Labute approximate surface area is 116 Å². The number of carbonyl (C=O) groups excluding carboxylic acids is 1. The van der Waals surface area contributed by atoms with Crippen molar-refractivity contribution in [2.75, 3.05) is 23.8 Å². The van der Waals surface area contributed by atoms with E-state index in [-0.39, 0.29) is 11.3 Å². The first kappa shape index (κ1) is 15.5. The lowest BCUT2D eigenvalue weighted by atomic mass is 9.90. The number of nitrogens with one attached hydrogen (secondary N) is 1. The van der Waals surface area contributed by atoms with Crippen molar-refractivity contribution in [1.82, 2.24) is 4.98 Å². The van der Waals surface area contributed by atoms with Crippen molar-refractivity contribution in [3.63, 3.8) is 0 Å². The van der Waals surface area contributed by atoms with Crippen LogP contribution in [-0.4, -0.2) is 24.5 Å². The fraction of sp³-hybridized carbons (Fsp3) is 0.600. The van der Waals surface area contributed by atoms with Gasteiger partial charge in [0.1, 0.15) is 5.82 Å². The van der Waals surface area contributed by atoms with Crippen molar-refractivity contribution in [2.45, 2.75) is 40.5 Å². The van der Waals surface area contributed by atoms with Gasteiger partial charge in [0.15, 0.2) is 0 Å². The number of pyridine rings is 1. The summed E-state index contributed by atoms with van der Waals surface area (Å²) < 4.78 is 0. The lowest BCUT2D eigenvalue weighted by Crippen LogP contribution is -2.27. The molecule has 0 aliphatic rings. The minimum atomic E-state index is 0.132. The second-order valence-corrected chi connectivity index (χ2v) is 5.95. The third-order valence-corrected chi connectivity index (χ3v) is 2.96. The Morgan fingerprint density at radius 2 is 2.05 bits per heavy atom. The van der Waals surface area contributed by atoms with Crippen LogP contribution in [0.2, 0.25) is 0 Å². The highest BCUT2D eigenvalue weighted by atomic mass is 16.2. The molecule has 0 aromatic carbocycles. The number of hydrogen-bond donors (Lipinski definition) is 1. The highest BCUT2D eigenvalue weighted by molar-refractivity contribution is 5.92. The molecule has 0 spiro atoms. The predicted octanol–water partition coefficient (Wildman–Crippen LogP) is 3.30. The molecule has 0 bridgehead atoms. The molecule has 4 nitrogen and oxygen atoms in total. The Hall–Kier alpha value is -1.58. The first-order valence-corrected chi connectivity index (χ1v) is 6.80. The lowest BCUT2D eigenvalue weighted by Gasteiger charge is -2.21. The van der Waals surface area contributed by atoms with E-state index in [4.69, 9.17) is 0 Å². The summed E-state index contributed by atoms with van der Waals surface area (Å²) in [5.74, 6) is 0.967. The maximum Gasteiger partial charge on any atom is 0.226 e. The molecular weight excluding hydrogens is 238 g/mol. The molecule has 1 rings (SSSR count).